The average Bonchev–Trinajstić information content (AvgIpc) is 3.04. The summed E-state index contributed by atoms with van der Waals surface area (Å²) in [4.78, 5) is 72.3. The van der Waals surface area contributed by atoms with Crippen LogP contribution in [0.4, 0.5) is 8.78 Å². The van der Waals surface area contributed by atoms with Gasteiger partial charge in [-0.05, 0) is 31.2 Å². The fourth-order valence-corrected chi connectivity index (χ4v) is 6.11. The highest BCUT2D eigenvalue weighted by molar-refractivity contribution is 7.52. The Hall–Kier alpha value is -2.89. The number of carbonyl (C=O) groups is 4. The summed E-state index contributed by atoms with van der Waals surface area (Å²) in [5.41, 5.74) is -4.96. The molecule has 0 spiro atoms. The molecule has 0 radical (unpaired) electrons. The minimum atomic E-state index is -5.76. The van der Waals surface area contributed by atoms with Crippen molar-refractivity contribution in [3.8, 4) is 0 Å². The van der Waals surface area contributed by atoms with Gasteiger partial charge in [-0.1, -0.05) is 116 Å². The number of amides is 4. The molecular formula is C36H61F2N4O7P. The van der Waals surface area contributed by atoms with E-state index in [0.29, 0.717) is 18.7 Å². The third-order valence-corrected chi connectivity index (χ3v) is 9.64. The number of nitrogens with zero attached hydrogens (tertiary/aromatic N) is 1. The predicted octanol–water partition coefficient (Wildman–Crippen LogP) is 6.16. The van der Waals surface area contributed by atoms with Gasteiger partial charge in [-0.15, -0.1) is 0 Å². The number of halogens is 2. The van der Waals surface area contributed by atoms with Gasteiger partial charge in [0.05, 0.1) is 0 Å². The number of nitrogens with one attached hydrogen (secondary N) is 3. The van der Waals surface area contributed by atoms with Gasteiger partial charge in [-0.2, -0.15) is 8.78 Å². The van der Waals surface area contributed by atoms with Crippen molar-refractivity contribution in [2.45, 2.75) is 149 Å². The summed E-state index contributed by atoms with van der Waals surface area (Å²) in [6.07, 6.45) is 13.0. The Labute approximate surface area is 297 Å². The topological polar surface area (TPSA) is 165 Å². The average molecular weight is 731 g/mol. The van der Waals surface area contributed by atoms with Crippen LogP contribution in [0.5, 0.6) is 0 Å². The van der Waals surface area contributed by atoms with E-state index in [1.807, 2.05) is 4.90 Å². The van der Waals surface area contributed by atoms with E-state index in [0.717, 1.165) is 63.5 Å². The fraction of sp³-hybridized carbons (Fsp3) is 0.722. The van der Waals surface area contributed by atoms with Crippen molar-refractivity contribution >= 4 is 31.2 Å². The van der Waals surface area contributed by atoms with Crippen LogP contribution in [0.1, 0.15) is 130 Å². The normalized spacial score (nSPS) is 13.7. The minimum Gasteiger partial charge on any atom is -0.344 e. The van der Waals surface area contributed by atoms with Gasteiger partial charge in [0.1, 0.15) is 18.1 Å². The lowest BCUT2D eigenvalue weighted by molar-refractivity contribution is -0.137. The van der Waals surface area contributed by atoms with Crippen molar-refractivity contribution in [1.82, 2.24) is 20.9 Å². The first-order valence-electron chi connectivity index (χ1n) is 18.2. The van der Waals surface area contributed by atoms with Crippen LogP contribution in [0.2, 0.25) is 0 Å². The molecule has 1 aromatic rings. The van der Waals surface area contributed by atoms with Gasteiger partial charge in [-0.25, -0.2) is 0 Å². The monoisotopic (exact) mass is 730 g/mol. The van der Waals surface area contributed by atoms with Crippen LogP contribution in [0.25, 0.3) is 0 Å². The predicted molar refractivity (Wildman–Crippen MR) is 191 cm³/mol. The Morgan fingerprint density at radius 3 is 1.68 bits per heavy atom. The van der Waals surface area contributed by atoms with E-state index in [2.05, 4.69) is 29.8 Å². The number of carbonyl (C=O) groups excluding carboxylic acids is 4. The van der Waals surface area contributed by atoms with Crippen LogP contribution in [0.3, 0.4) is 0 Å². The molecule has 0 aromatic heterocycles. The molecular weight excluding hydrogens is 669 g/mol. The van der Waals surface area contributed by atoms with Gasteiger partial charge in [0, 0.05) is 32.0 Å². The Morgan fingerprint density at radius 1 is 0.760 bits per heavy atom. The van der Waals surface area contributed by atoms with E-state index < -0.39 is 60.6 Å². The highest BCUT2D eigenvalue weighted by Crippen LogP contribution is 2.59. The zero-order valence-corrected chi connectivity index (χ0v) is 31.7. The van der Waals surface area contributed by atoms with E-state index >= 15 is 0 Å². The summed E-state index contributed by atoms with van der Waals surface area (Å²) in [7, 11) is -5.76. The van der Waals surface area contributed by atoms with Crippen LogP contribution in [0, 0.1) is 5.92 Å². The van der Waals surface area contributed by atoms with Crippen LogP contribution in [0.15, 0.2) is 24.3 Å². The molecule has 0 heterocycles. The third-order valence-electron chi connectivity index (χ3n) is 8.65. The van der Waals surface area contributed by atoms with Crippen LogP contribution in [-0.2, 0) is 35.8 Å². The van der Waals surface area contributed by atoms with Crippen molar-refractivity contribution < 1.29 is 42.3 Å². The van der Waals surface area contributed by atoms with E-state index in [1.165, 1.54) is 44.7 Å². The molecule has 50 heavy (non-hydrogen) atoms. The van der Waals surface area contributed by atoms with Gasteiger partial charge in [0.2, 0.25) is 23.6 Å². The molecule has 1 aromatic carbocycles. The standard InChI is InChI=1S/C36H61F2N4O7P/c1-7-9-11-13-15-17-23-42(24-18-16-14-12-10-8-2)35(46)27(5)39-34(45)32(26(3)4)41-33(44)31(40-28(6)43)25-29-19-21-30(22-20-29)36(37,38)50(47,48)49/h19-22,26-27,31-32H,7-18,23-25H2,1-6H3,(H,39,45)(H,40,43)(H,41,44)(H2,47,48,49)/t27?,31-,32-/m0/s1. The Kier molecular flexibility index (Phi) is 20.6. The number of benzene rings is 1. The molecule has 1 rings (SSSR count). The summed E-state index contributed by atoms with van der Waals surface area (Å²) < 4.78 is 39.4. The number of alkyl halides is 2. The number of hydrogen-bond acceptors (Lipinski definition) is 5. The minimum absolute atomic E-state index is 0.152. The molecule has 4 amide bonds. The maximum atomic E-state index is 14.1. The SMILES string of the molecule is CCCCCCCCN(CCCCCCCC)C(=O)C(C)NC(=O)[C@@H](NC(=O)[C@H](Cc1ccc(C(F)(F)P(=O)(O)O)cc1)NC(C)=O)C(C)C. The van der Waals surface area contributed by atoms with Gasteiger partial charge < -0.3 is 30.6 Å². The molecule has 0 fully saturated rings. The number of rotatable bonds is 25. The third kappa shape index (κ3) is 16.0. The van der Waals surface area contributed by atoms with Crippen molar-refractivity contribution in [2.75, 3.05) is 13.1 Å². The first kappa shape index (κ1) is 45.1. The summed E-state index contributed by atoms with van der Waals surface area (Å²) in [6.45, 7) is 11.9. The van der Waals surface area contributed by atoms with E-state index in [-0.39, 0.29) is 12.3 Å². The molecule has 14 heteroatoms. The zero-order chi connectivity index (χ0) is 37.9. The van der Waals surface area contributed by atoms with Gasteiger partial charge in [-0.3, -0.25) is 23.7 Å². The lowest BCUT2D eigenvalue weighted by Gasteiger charge is -2.29. The lowest BCUT2D eigenvalue weighted by atomic mass is 10.00. The second kappa shape index (κ2) is 22.8. The molecule has 0 bridgehead atoms. The molecule has 0 aliphatic heterocycles. The molecule has 5 N–H and O–H groups in total. The first-order valence-corrected chi connectivity index (χ1v) is 19.8. The lowest BCUT2D eigenvalue weighted by Crippen LogP contribution is -2.58. The number of unbranched alkanes of at least 4 members (excludes halogenated alkanes) is 10. The van der Waals surface area contributed by atoms with Crippen LogP contribution >= 0.6 is 7.60 Å². The molecule has 11 nitrogen and oxygen atoms in total. The Balaban J connectivity index is 2.99. The maximum Gasteiger partial charge on any atom is 0.399 e. The largest absolute Gasteiger partial charge is 0.399 e. The fourth-order valence-electron chi connectivity index (χ4n) is 5.63. The maximum absolute atomic E-state index is 14.1. The van der Waals surface area contributed by atoms with E-state index in [1.54, 1.807) is 20.8 Å². The second-order valence-corrected chi connectivity index (χ2v) is 15.2. The highest BCUT2D eigenvalue weighted by atomic mass is 31.2. The molecule has 286 valence electrons. The molecule has 0 aliphatic carbocycles. The van der Waals surface area contributed by atoms with Crippen LogP contribution in [-0.4, -0.2) is 69.5 Å². The zero-order valence-electron chi connectivity index (χ0n) is 30.8. The Bertz CT molecular complexity index is 1230. The molecule has 0 saturated heterocycles. The van der Waals surface area contributed by atoms with Gasteiger partial charge >= 0.3 is 13.3 Å². The van der Waals surface area contributed by atoms with Gasteiger partial charge in [0.15, 0.2) is 0 Å². The van der Waals surface area contributed by atoms with Gasteiger partial charge in [0.25, 0.3) is 0 Å². The second-order valence-electron chi connectivity index (χ2n) is 13.6. The molecule has 1 unspecified atom stereocenters. The van der Waals surface area contributed by atoms with Crippen molar-refractivity contribution in [3.63, 3.8) is 0 Å². The van der Waals surface area contributed by atoms with Crippen molar-refractivity contribution in [2.24, 2.45) is 5.92 Å². The summed E-state index contributed by atoms with van der Waals surface area (Å²) >= 11 is 0. The first-order chi connectivity index (χ1) is 23.5. The van der Waals surface area contributed by atoms with Crippen molar-refractivity contribution in [3.05, 3.63) is 35.4 Å². The molecule has 0 aliphatic rings. The van der Waals surface area contributed by atoms with Crippen molar-refractivity contribution in [1.29, 1.82) is 0 Å². The Morgan fingerprint density at radius 2 is 1.24 bits per heavy atom. The summed E-state index contributed by atoms with van der Waals surface area (Å²) in [6, 6.07) is 0.982. The van der Waals surface area contributed by atoms with E-state index in [9.17, 15) is 32.5 Å². The van der Waals surface area contributed by atoms with E-state index in [4.69, 9.17) is 9.79 Å². The smallest absolute Gasteiger partial charge is 0.344 e. The summed E-state index contributed by atoms with van der Waals surface area (Å²) in [5.74, 6) is -2.38. The number of hydrogen-bond donors (Lipinski definition) is 5. The highest BCUT2D eigenvalue weighted by Gasteiger charge is 2.50. The molecule has 3 atom stereocenters. The summed E-state index contributed by atoms with van der Waals surface area (Å²) in [5, 5.41) is 7.96. The van der Waals surface area contributed by atoms with Crippen LogP contribution < -0.4 is 16.0 Å². The quantitative estimate of drug-likeness (QED) is 0.0594. The molecule has 0 saturated carbocycles.